The molecule has 2 rings (SSSR count). The Morgan fingerprint density at radius 3 is 3.27 bits per heavy atom. The highest BCUT2D eigenvalue weighted by Gasteiger charge is 2.20. The molecule has 0 aromatic carbocycles. The lowest BCUT2D eigenvalue weighted by atomic mass is 10.0. The van der Waals surface area contributed by atoms with Crippen LogP contribution in [-0.2, 0) is 11.3 Å². The maximum atomic E-state index is 11.6. The Labute approximate surface area is 87.4 Å². The molecule has 1 saturated heterocycles. The Kier molecular flexibility index (Phi) is 3.29. The standard InChI is InChI=1S/C9H14N4O2/c14-9(7-3-1-2-4-10-7)11-5-8-12-6-15-13-8/h6-7,10H,1-5H2,(H,11,14). The van der Waals surface area contributed by atoms with Gasteiger partial charge in [-0.3, -0.25) is 4.79 Å². The highest BCUT2D eigenvalue weighted by Crippen LogP contribution is 2.06. The van der Waals surface area contributed by atoms with Gasteiger partial charge in [-0.2, -0.15) is 4.98 Å². The zero-order valence-electron chi connectivity index (χ0n) is 8.40. The smallest absolute Gasteiger partial charge is 0.237 e. The molecular weight excluding hydrogens is 196 g/mol. The lowest BCUT2D eigenvalue weighted by molar-refractivity contribution is -0.123. The second-order valence-electron chi connectivity index (χ2n) is 3.57. The summed E-state index contributed by atoms with van der Waals surface area (Å²) in [6, 6.07) is -0.0642. The van der Waals surface area contributed by atoms with Crippen LogP contribution in [0.4, 0.5) is 0 Å². The van der Waals surface area contributed by atoms with Gasteiger partial charge in [0.15, 0.2) is 5.82 Å². The van der Waals surface area contributed by atoms with Gasteiger partial charge in [-0.25, -0.2) is 0 Å². The number of rotatable bonds is 3. The van der Waals surface area contributed by atoms with Gasteiger partial charge >= 0.3 is 0 Å². The Balaban J connectivity index is 1.76. The second-order valence-corrected chi connectivity index (χ2v) is 3.57. The van der Waals surface area contributed by atoms with Gasteiger partial charge in [0, 0.05) is 0 Å². The van der Waals surface area contributed by atoms with Crippen LogP contribution in [0.25, 0.3) is 0 Å². The second kappa shape index (κ2) is 4.88. The predicted molar refractivity (Wildman–Crippen MR) is 51.8 cm³/mol. The fourth-order valence-electron chi connectivity index (χ4n) is 1.64. The average Bonchev–Trinajstić information content (AvgIpc) is 2.80. The highest BCUT2D eigenvalue weighted by atomic mass is 16.5. The van der Waals surface area contributed by atoms with E-state index in [9.17, 15) is 4.79 Å². The van der Waals surface area contributed by atoms with Crippen molar-refractivity contribution in [3.05, 3.63) is 12.2 Å². The number of hydrogen-bond donors (Lipinski definition) is 2. The Hall–Kier alpha value is -1.43. The van der Waals surface area contributed by atoms with Crippen LogP contribution in [0.15, 0.2) is 10.9 Å². The van der Waals surface area contributed by atoms with Gasteiger partial charge in [0.05, 0.1) is 12.6 Å². The molecule has 1 fully saturated rings. The number of piperidine rings is 1. The molecule has 15 heavy (non-hydrogen) atoms. The number of nitrogens with one attached hydrogen (secondary N) is 2. The summed E-state index contributed by atoms with van der Waals surface area (Å²) in [5.74, 6) is 0.513. The first-order valence-corrected chi connectivity index (χ1v) is 5.12. The number of hydrogen-bond acceptors (Lipinski definition) is 5. The van der Waals surface area contributed by atoms with Crippen LogP contribution < -0.4 is 10.6 Å². The molecule has 1 amide bonds. The Morgan fingerprint density at radius 2 is 2.60 bits per heavy atom. The first-order chi connectivity index (χ1) is 7.36. The van der Waals surface area contributed by atoms with E-state index in [1.807, 2.05) is 0 Å². The maximum absolute atomic E-state index is 11.6. The summed E-state index contributed by atoms with van der Waals surface area (Å²) < 4.78 is 4.56. The fraction of sp³-hybridized carbons (Fsp3) is 0.667. The van der Waals surface area contributed by atoms with E-state index in [4.69, 9.17) is 0 Å². The zero-order valence-corrected chi connectivity index (χ0v) is 8.40. The van der Waals surface area contributed by atoms with Crippen LogP contribution in [0.2, 0.25) is 0 Å². The summed E-state index contributed by atoms with van der Waals surface area (Å²) in [5, 5.41) is 9.55. The van der Waals surface area contributed by atoms with Gasteiger partial charge in [-0.15, -0.1) is 0 Å². The van der Waals surface area contributed by atoms with Crippen LogP contribution in [0.5, 0.6) is 0 Å². The molecule has 1 aromatic rings. The molecular formula is C9H14N4O2. The van der Waals surface area contributed by atoms with Crippen molar-refractivity contribution in [1.82, 2.24) is 20.8 Å². The molecule has 1 aromatic heterocycles. The number of nitrogens with zero attached hydrogens (tertiary/aromatic N) is 2. The Morgan fingerprint density at radius 1 is 1.67 bits per heavy atom. The topological polar surface area (TPSA) is 80.1 Å². The zero-order chi connectivity index (χ0) is 10.5. The molecule has 82 valence electrons. The van der Waals surface area contributed by atoms with Crippen LogP contribution >= 0.6 is 0 Å². The molecule has 1 unspecified atom stereocenters. The normalized spacial score (nSPS) is 21.2. The van der Waals surface area contributed by atoms with E-state index in [1.54, 1.807) is 0 Å². The predicted octanol–water partition coefficient (Wildman–Crippen LogP) is -0.172. The van der Waals surface area contributed by atoms with E-state index in [0.717, 1.165) is 25.8 Å². The minimum absolute atomic E-state index is 0.0134. The SMILES string of the molecule is O=C(NCc1ncon1)C1CCCCN1. The summed E-state index contributed by atoms with van der Waals surface area (Å²) in [6.07, 6.45) is 4.40. The third-order valence-electron chi connectivity index (χ3n) is 2.45. The first-order valence-electron chi connectivity index (χ1n) is 5.12. The molecule has 6 nitrogen and oxygen atoms in total. The fourth-order valence-corrected chi connectivity index (χ4v) is 1.64. The van der Waals surface area contributed by atoms with E-state index in [-0.39, 0.29) is 11.9 Å². The van der Waals surface area contributed by atoms with Gasteiger partial charge in [0.25, 0.3) is 0 Å². The third kappa shape index (κ3) is 2.76. The van der Waals surface area contributed by atoms with E-state index in [2.05, 4.69) is 25.3 Å². The van der Waals surface area contributed by atoms with Crippen molar-refractivity contribution in [2.24, 2.45) is 0 Å². The van der Waals surface area contributed by atoms with Gasteiger partial charge in [-0.1, -0.05) is 11.6 Å². The quantitative estimate of drug-likeness (QED) is 0.724. The van der Waals surface area contributed by atoms with Crippen molar-refractivity contribution >= 4 is 5.91 Å². The molecule has 1 aliphatic heterocycles. The maximum Gasteiger partial charge on any atom is 0.237 e. The van der Waals surface area contributed by atoms with Gasteiger partial charge in [-0.05, 0) is 19.4 Å². The van der Waals surface area contributed by atoms with Crippen molar-refractivity contribution in [2.45, 2.75) is 31.8 Å². The van der Waals surface area contributed by atoms with Crippen LogP contribution in [0.1, 0.15) is 25.1 Å². The molecule has 2 N–H and O–H groups in total. The Bertz CT molecular complexity index is 306. The molecule has 0 saturated carbocycles. The molecule has 2 heterocycles. The van der Waals surface area contributed by atoms with E-state index < -0.39 is 0 Å². The summed E-state index contributed by atoms with van der Waals surface area (Å²) >= 11 is 0. The molecule has 6 heteroatoms. The number of aromatic nitrogens is 2. The largest absolute Gasteiger partial charge is 0.347 e. The van der Waals surface area contributed by atoms with Crippen molar-refractivity contribution in [3.8, 4) is 0 Å². The van der Waals surface area contributed by atoms with Crippen LogP contribution in [0.3, 0.4) is 0 Å². The highest BCUT2D eigenvalue weighted by molar-refractivity contribution is 5.81. The van der Waals surface area contributed by atoms with Gasteiger partial charge in [0.2, 0.25) is 12.3 Å². The van der Waals surface area contributed by atoms with Crippen LogP contribution in [0, 0.1) is 0 Å². The lowest BCUT2D eigenvalue weighted by Crippen LogP contribution is -2.46. The summed E-state index contributed by atoms with van der Waals surface area (Å²) in [5.41, 5.74) is 0. The molecule has 0 radical (unpaired) electrons. The van der Waals surface area contributed by atoms with Crippen molar-refractivity contribution in [3.63, 3.8) is 0 Å². The number of carbonyl (C=O) groups excluding carboxylic acids is 1. The number of amides is 1. The average molecular weight is 210 g/mol. The molecule has 1 aliphatic rings. The third-order valence-corrected chi connectivity index (χ3v) is 2.45. The summed E-state index contributed by atoms with van der Waals surface area (Å²) in [7, 11) is 0. The van der Waals surface area contributed by atoms with E-state index >= 15 is 0 Å². The number of carbonyl (C=O) groups is 1. The monoisotopic (exact) mass is 210 g/mol. The molecule has 0 bridgehead atoms. The molecule has 0 aliphatic carbocycles. The molecule has 1 atom stereocenters. The summed E-state index contributed by atoms with van der Waals surface area (Å²) in [4.78, 5) is 15.5. The van der Waals surface area contributed by atoms with Crippen molar-refractivity contribution in [2.75, 3.05) is 6.54 Å². The van der Waals surface area contributed by atoms with Gasteiger partial charge in [0.1, 0.15) is 0 Å². The van der Waals surface area contributed by atoms with Crippen molar-refractivity contribution < 1.29 is 9.32 Å². The van der Waals surface area contributed by atoms with E-state index in [0.29, 0.717) is 12.4 Å². The lowest BCUT2D eigenvalue weighted by Gasteiger charge is -2.22. The van der Waals surface area contributed by atoms with Crippen LogP contribution in [-0.4, -0.2) is 28.6 Å². The first kappa shape index (κ1) is 10.1. The minimum Gasteiger partial charge on any atom is -0.347 e. The van der Waals surface area contributed by atoms with Gasteiger partial charge < -0.3 is 15.2 Å². The van der Waals surface area contributed by atoms with Crippen molar-refractivity contribution in [1.29, 1.82) is 0 Å². The minimum atomic E-state index is -0.0642. The molecule has 0 spiro atoms. The van der Waals surface area contributed by atoms with E-state index in [1.165, 1.54) is 6.39 Å². The summed E-state index contributed by atoms with van der Waals surface area (Å²) in [6.45, 7) is 1.24.